The molecule has 0 fully saturated rings. The van der Waals surface area contributed by atoms with Gasteiger partial charge < -0.3 is 5.32 Å². The quantitative estimate of drug-likeness (QED) is 0.734. The Morgan fingerprint density at radius 3 is 2.50 bits per heavy atom. The fourth-order valence-corrected chi connectivity index (χ4v) is 2.47. The molecule has 0 aliphatic heterocycles. The van der Waals surface area contributed by atoms with E-state index in [1.807, 2.05) is 12.1 Å². The molecule has 0 spiro atoms. The van der Waals surface area contributed by atoms with Gasteiger partial charge in [-0.3, -0.25) is 9.48 Å². The number of halogens is 3. The van der Waals surface area contributed by atoms with Crippen LogP contribution < -0.4 is 5.32 Å². The molecule has 24 heavy (non-hydrogen) atoms. The van der Waals surface area contributed by atoms with Gasteiger partial charge in [0.15, 0.2) is 0 Å². The van der Waals surface area contributed by atoms with E-state index in [2.05, 4.69) is 10.4 Å². The lowest BCUT2D eigenvalue weighted by Crippen LogP contribution is -2.13. The minimum Gasteiger partial charge on any atom is -0.319 e. The van der Waals surface area contributed by atoms with Crippen molar-refractivity contribution >= 4 is 34.8 Å². The largest absolute Gasteiger partial charge is 0.319 e. The van der Waals surface area contributed by atoms with Gasteiger partial charge in [0.25, 0.3) is 5.91 Å². The van der Waals surface area contributed by atoms with Crippen molar-refractivity contribution in [3.8, 4) is 0 Å². The first-order chi connectivity index (χ1) is 11.5. The van der Waals surface area contributed by atoms with E-state index in [4.69, 9.17) is 23.2 Å². The zero-order valence-corrected chi connectivity index (χ0v) is 13.9. The summed E-state index contributed by atoms with van der Waals surface area (Å²) in [7, 11) is 0. The smallest absolute Gasteiger partial charge is 0.255 e. The summed E-state index contributed by atoms with van der Waals surface area (Å²) in [6.45, 7) is 0.542. The van der Waals surface area contributed by atoms with Crippen molar-refractivity contribution < 1.29 is 9.18 Å². The fraction of sp³-hybridized carbons (Fsp3) is 0.0588. The average Bonchev–Trinajstić information content (AvgIpc) is 2.96. The second-order valence-electron chi connectivity index (χ2n) is 5.13. The summed E-state index contributed by atoms with van der Waals surface area (Å²) in [6.07, 6.45) is 3.27. The number of rotatable bonds is 4. The highest BCUT2D eigenvalue weighted by Crippen LogP contribution is 2.19. The van der Waals surface area contributed by atoms with Crippen LogP contribution in [0.25, 0.3) is 0 Å². The van der Waals surface area contributed by atoms with E-state index in [9.17, 15) is 9.18 Å². The van der Waals surface area contributed by atoms with Crippen LogP contribution >= 0.6 is 23.2 Å². The van der Waals surface area contributed by atoms with Crippen molar-refractivity contribution in [1.82, 2.24) is 9.78 Å². The molecule has 0 saturated carbocycles. The predicted octanol–water partition coefficient (Wildman–Crippen LogP) is 4.63. The van der Waals surface area contributed by atoms with Crippen molar-refractivity contribution in [2.75, 3.05) is 5.32 Å². The van der Waals surface area contributed by atoms with Crippen LogP contribution in [0.5, 0.6) is 0 Å². The first kappa shape index (κ1) is 16.5. The number of hydrogen-bond donors (Lipinski definition) is 1. The zero-order chi connectivity index (χ0) is 17.1. The molecule has 0 aliphatic carbocycles. The van der Waals surface area contributed by atoms with Crippen LogP contribution in [0.2, 0.25) is 10.0 Å². The maximum atomic E-state index is 13.7. The number of nitrogens with one attached hydrogen (secondary N) is 1. The van der Waals surface area contributed by atoms with Crippen LogP contribution in [-0.2, 0) is 6.54 Å². The second kappa shape index (κ2) is 7.03. The second-order valence-corrected chi connectivity index (χ2v) is 6.00. The van der Waals surface area contributed by atoms with Crippen LogP contribution in [0.1, 0.15) is 15.9 Å². The summed E-state index contributed by atoms with van der Waals surface area (Å²) in [4.78, 5) is 12.2. The third-order valence-corrected chi connectivity index (χ3v) is 3.77. The minimum atomic E-state index is -0.581. The third-order valence-electron chi connectivity index (χ3n) is 3.34. The molecule has 3 aromatic rings. The van der Waals surface area contributed by atoms with Crippen molar-refractivity contribution in [3.05, 3.63) is 81.8 Å². The van der Waals surface area contributed by atoms with Gasteiger partial charge in [0.2, 0.25) is 0 Å². The van der Waals surface area contributed by atoms with E-state index in [0.717, 1.165) is 11.6 Å². The fourth-order valence-electron chi connectivity index (χ4n) is 2.16. The van der Waals surface area contributed by atoms with Gasteiger partial charge in [-0.15, -0.1) is 0 Å². The van der Waals surface area contributed by atoms with E-state index >= 15 is 0 Å². The lowest BCUT2D eigenvalue weighted by atomic mass is 10.1. The molecular formula is C17H12Cl2FN3O. The summed E-state index contributed by atoms with van der Waals surface area (Å²) < 4.78 is 15.4. The highest BCUT2D eigenvalue weighted by atomic mass is 35.5. The van der Waals surface area contributed by atoms with Gasteiger partial charge in [-0.25, -0.2) is 4.39 Å². The SMILES string of the molecule is O=C(Nc1ccc(Cl)cc1F)c1ccc(Cn2cc(Cl)cn2)cc1. The Labute approximate surface area is 147 Å². The number of benzene rings is 2. The standard InChI is InChI=1S/C17H12Cl2FN3O/c18-13-5-6-16(15(20)7-13)22-17(24)12-3-1-11(2-4-12)9-23-10-14(19)8-21-23/h1-8,10H,9H2,(H,22,24). The Bertz CT molecular complexity index is 878. The van der Waals surface area contributed by atoms with Gasteiger partial charge in [-0.1, -0.05) is 35.3 Å². The van der Waals surface area contributed by atoms with Gasteiger partial charge >= 0.3 is 0 Å². The van der Waals surface area contributed by atoms with Crippen molar-refractivity contribution in [2.24, 2.45) is 0 Å². The highest BCUT2D eigenvalue weighted by molar-refractivity contribution is 6.30. The normalized spacial score (nSPS) is 10.6. The number of anilines is 1. The molecule has 0 radical (unpaired) electrons. The molecule has 1 heterocycles. The molecule has 7 heteroatoms. The summed E-state index contributed by atoms with van der Waals surface area (Å²) >= 11 is 11.5. The molecule has 0 aliphatic rings. The van der Waals surface area contributed by atoms with Crippen molar-refractivity contribution in [2.45, 2.75) is 6.54 Å². The molecule has 122 valence electrons. The molecular weight excluding hydrogens is 352 g/mol. The number of carbonyl (C=O) groups excluding carboxylic acids is 1. The Morgan fingerprint density at radius 2 is 1.88 bits per heavy atom. The maximum Gasteiger partial charge on any atom is 0.255 e. The first-order valence-electron chi connectivity index (χ1n) is 7.04. The molecule has 0 unspecified atom stereocenters. The molecule has 1 aromatic heterocycles. The van der Waals surface area contributed by atoms with Gasteiger partial charge in [-0.2, -0.15) is 5.10 Å². The molecule has 0 saturated heterocycles. The molecule has 0 bridgehead atoms. The molecule has 1 N–H and O–H groups in total. The molecule has 4 nitrogen and oxygen atoms in total. The summed E-state index contributed by atoms with van der Waals surface area (Å²) in [5.74, 6) is -0.979. The van der Waals surface area contributed by atoms with E-state index in [1.54, 1.807) is 29.2 Å². The lowest BCUT2D eigenvalue weighted by Gasteiger charge is -2.08. The predicted molar refractivity (Wildman–Crippen MR) is 92.1 cm³/mol. The van der Waals surface area contributed by atoms with Crippen LogP contribution in [0.4, 0.5) is 10.1 Å². The summed E-state index contributed by atoms with van der Waals surface area (Å²) in [5.41, 5.74) is 1.47. The van der Waals surface area contributed by atoms with Gasteiger partial charge in [-0.05, 0) is 35.9 Å². The third kappa shape index (κ3) is 3.93. The van der Waals surface area contributed by atoms with E-state index < -0.39 is 11.7 Å². The monoisotopic (exact) mass is 363 g/mol. The van der Waals surface area contributed by atoms with E-state index in [0.29, 0.717) is 17.1 Å². The summed E-state index contributed by atoms with van der Waals surface area (Å²) in [6, 6.07) is 11.0. The number of amides is 1. The Hall–Kier alpha value is -2.37. The Kier molecular flexibility index (Phi) is 4.83. The van der Waals surface area contributed by atoms with Crippen molar-refractivity contribution in [1.29, 1.82) is 0 Å². The minimum absolute atomic E-state index is 0.0830. The zero-order valence-electron chi connectivity index (χ0n) is 12.3. The molecule has 0 atom stereocenters. The Morgan fingerprint density at radius 1 is 1.12 bits per heavy atom. The first-order valence-corrected chi connectivity index (χ1v) is 7.80. The molecule has 3 rings (SSSR count). The van der Waals surface area contributed by atoms with Gasteiger partial charge in [0, 0.05) is 16.8 Å². The number of carbonyl (C=O) groups is 1. The summed E-state index contributed by atoms with van der Waals surface area (Å²) in [5, 5.41) is 7.45. The number of aromatic nitrogens is 2. The average molecular weight is 364 g/mol. The van der Waals surface area contributed by atoms with Crippen molar-refractivity contribution in [3.63, 3.8) is 0 Å². The van der Waals surface area contributed by atoms with E-state index in [1.165, 1.54) is 12.1 Å². The Balaban J connectivity index is 1.69. The maximum absolute atomic E-state index is 13.7. The number of hydrogen-bond acceptors (Lipinski definition) is 2. The topological polar surface area (TPSA) is 46.9 Å². The molecule has 2 aromatic carbocycles. The van der Waals surface area contributed by atoms with Crippen LogP contribution in [0.15, 0.2) is 54.9 Å². The van der Waals surface area contributed by atoms with Crippen LogP contribution in [0, 0.1) is 5.82 Å². The van der Waals surface area contributed by atoms with Gasteiger partial charge in [0.1, 0.15) is 5.82 Å². The molecule has 1 amide bonds. The van der Waals surface area contributed by atoms with E-state index in [-0.39, 0.29) is 10.7 Å². The number of nitrogens with zero attached hydrogens (tertiary/aromatic N) is 2. The van der Waals surface area contributed by atoms with Crippen LogP contribution in [-0.4, -0.2) is 15.7 Å². The van der Waals surface area contributed by atoms with Crippen LogP contribution in [0.3, 0.4) is 0 Å². The lowest BCUT2D eigenvalue weighted by molar-refractivity contribution is 0.102. The van der Waals surface area contributed by atoms with Gasteiger partial charge in [0.05, 0.1) is 23.5 Å². The highest BCUT2D eigenvalue weighted by Gasteiger charge is 2.10.